The van der Waals surface area contributed by atoms with Crippen molar-refractivity contribution in [2.24, 2.45) is 0 Å². The first kappa shape index (κ1) is 19.6. The summed E-state index contributed by atoms with van der Waals surface area (Å²) >= 11 is 9.24. The van der Waals surface area contributed by atoms with E-state index < -0.39 is 12.0 Å². The van der Waals surface area contributed by atoms with Crippen molar-refractivity contribution < 1.29 is 14.7 Å². The molecular weight excluding hydrogens is 398 g/mol. The maximum Gasteiger partial charge on any atom is 0.325 e. The first-order chi connectivity index (χ1) is 13.3. The summed E-state index contributed by atoms with van der Waals surface area (Å²) < 4.78 is 1.71. The van der Waals surface area contributed by atoms with E-state index in [4.69, 9.17) is 17.3 Å². The molecule has 10 heteroatoms. The fourth-order valence-electron chi connectivity index (χ4n) is 2.50. The van der Waals surface area contributed by atoms with Crippen LogP contribution in [0.25, 0.3) is 11.4 Å². The van der Waals surface area contributed by atoms with Gasteiger partial charge < -0.3 is 15.7 Å². The average Bonchev–Trinajstić information content (AvgIpc) is 3.00. The molecular formula is C18H17N5O3S2. The molecule has 4 N–H and O–H groups in total. The average molecular weight is 416 g/mol. The molecule has 0 saturated carbocycles. The Kier molecular flexibility index (Phi) is 5.81. The molecule has 1 aromatic heterocycles. The summed E-state index contributed by atoms with van der Waals surface area (Å²) in [5.41, 5.74) is 2.24. The van der Waals surface area contributed by atoms with E-state index in [9.17, 15) is 9.59 Å². The lowest BCUT2D eigenvalue weighted by atomic mass is 10.1. The number of nitrogens with one attached hydrogen (secondary N) is 3. The molecule has 2 aromatic carbocycles. The predicted molar refractivity (Wildman–Crippen MR) is 112 cm³/mol. The molecule has 0 aliphatic carbocycles. The number of aliphatic carboxylic acids is 1. The smallest absolute Gasteiger partial charge is 0.325 e. The van der Waals surface area contributed by atoms with Gasteiger partial charge in [-0.15, -0.1) is 0 Å². The Labute approximate surface area is 171 Å². The summed E-state index contributed by atoms with van der Waals surface area (Å²) in [5.74, 6) is -0.777. The van der Waals surface area contributed by atoms with Gasteiger partial charge in [0.25, 0.3) is 5.91 Å². The zero-order chi connectivity index (χ0) is 20.3. The topological polar surface area (TPSA) is 112 Å². The zero-order valence-electron chi connectivity index (χ0n) is 14.7. The number of thiol groups is 1. The monoisotopic (exact) mass is 415 g/mol. The van der Waals surface area contributed by atoms with Crippen molar-refractivity contribution in [3.05, 3.63) is 58.9 Å². The lowest BCUT2D eigenvalue weighted by Crippen LogP contribution is -2.25. The maximum absolute atomic E-state index is 12.6. The van der Waals surface area contributed by atoms with Gasteiger partial charge in [0.15, 0.2) is 5.82 Å². The molecule has 144 valence electrons. The van der Waals surface area contributed by atoms with Crippen LogP contribution in [0.5, 0.6) is 0 Å². The molecule has 28 heavy (non-hydrogen) atoms. The van der Waals surface area contributed by atoms with E-state index in [1.165, 1.54) is 11.0 Å². The quantitative estimate of drug-likeness (QED) is 0.311. The van der Waals surface area contributed by atoms with E-state index in [0.29, 0.717) is 27.5 Å². The van der Waals surface area contributed by atoms with E-state index in [1.807, 2.05) is 6.07 Å². The molecule has 0 aliphatic rings. The predicted octanol–water partition coefficient (Wildman–Crippen LogP) is 3.44. The third kappa shape index (κ3) is 4.59. The second-order valence-electron chi connectivity index (χ2n) is 5.98. The van der Waals surface area contributed by atoms with Crippen molar-refractivity contribution in [3.63, 3.8) is 0 Å². The highest BCUT2D eigenvalue weighted by Crippen LogP contribution is 2.22. The van der Waals surface area contributed by atoms with Crippen molar-refractivity contribution in [1.29, 1.82) is 0 Å². The molecule has 1 heterocycles. The molecule has 0 radical (unpaired) electrons. The lowest BCUT2D eigenvalue weighted by molar-refractivity contribution is -0.137. The summed E-state index contributed by atoms with van der Waals surface area (Å²) in [6.07, 6.45) is 0. The van der Waals surface area contributed by atoms with Gasteiger partial charge in [-0.3, -0.25) is 14.7 Å². The number of carboxylic acid groups (broad SMARTS) is 1. The van der Waals surface area contributed by atoms with Crippen LogP contribution in [0, 0.1) is 4.77 Å². The van der Waals surface area contributed by atoms with Crippen LogP contribution in [0.15, 0.2) is 48.5 Å². The number of hydrogen-bond donors (Lipinski definition) is 5. The molecule has 1 atom stereocenters. The summed E-state index contributed by atoms with van der Waals surface area (Å²) in [4.78, 5) is 27.8. The van der Waals surface area contributed by atoms with Gasteiger partial charge in [0.2, 0.25) is 4.77 Å². The van der Waals surface area contributed by atoms with Crippen LogP contribution in [-0.2, 0) is 4.79 Å². The number of H-pyrrole nitrogens is 1. The lowest BCUT2D eigenvalue weighted by Gasteiger charge is -2.12. The Bertz CT molecular complexity index is 1090. The maximum atomic E-state index is 12.6. The molecule has 3 aromatic rings. The minimum absolute atomic E-state index is 0.305. The first-order valence-corrected chi connectivity index (χ1v) is 9.04. The number of carbonyl (C=O) groups excluding carboxylic acids is 1. The van der Waals surface area contributed by atoms with Crippen LogP contribution in [0.2, 0.25) is 0 Å². The molecule has 0 bridgehead atoms. The number of amides is 1. The molecule has 3 rings (SSSR count). The summed E-state index contributed by atoms with van der Waals surface area (Å²) in [5, 5.41) is 17.4. The van der Waals surface area contributed by atoms with Gasteiger partial charge in [0.05, 0.1) is 0 Å². The Morgan fingerprint density at radius 1 is 1.21 bits per heavy atom. The van der Waals surface area contributed by atoms with E-state index in [-0.39, 0.29) is 5.91 Å². The van der Waals surface area contributed by atoms with Crippen LogP contribution >= 0.6 is 25.0 Å². The summed E-state index contributed by atoms with van der Waals surface area (Å²) in [6, 6.07) is 13.0. The molecule has 1 amide bonds. The standard InChI is InChI=1S/C18H17N5O3S2/c1-10(17(25)26)19-13-6-3-5-12(9-13)16(24)20-14-7-2-4-11(8-14)15-21-18(27)22-23(15)28/h2-10,19,28H,1H3,(H,20,24)(H,22,27)(H,25,26). The van der Waals surface area contributed by atoms with E-state index in [2.05, 4.69) is 33.5 Å². The molecule has 0 saturated heterocycles. The Hall–Kier alpha value is -3.11. The van der Waals surface area contributed by atoms with E-state index in [1.54, 1.807) is 42.5 Å². The normalized spacial score (nSPS) is 11.6. The Morgan fingerprint density at radius 2 is 1.93 bits per heavy atom. The van der Waals surface area contributed by atoms with Gasteiger partial charge in [-0.05, 0) is 62.3 Å². The molecule has 8 nitrogen and oxygen atoms in total. The number of benzene rings is 2. The molecule has 0 fully saturated rings. The number of aromatic nitrogens is 3. The highest BCUT2D eigenvalue weighted by atomic mass is 32.1. The molecule has 0 aliphatic heterocycles. The third-order valence-electron chi connectivity index (χ3n) is 3.87. The number of nitrogens with zero attached hydrogens (tertiary/aromatic N) is 2. The van der Waals surface area contributed by atoms with Gasteiger partial charge >= 0.3 is 5.97 Å². The summed E-state index contributed by atoms with van der Waals surface area (Å²) in [6.45, 7) is 1.53. The van der Waals surface area contributed by atoms with Crippen LogP contribution in [-0.4, -0.2) is 37.2 Å². The third-order valence-corrected chi connectivity index (χ3v) is 4.34. The van der Waals surface area contributed by atoms with E-state index >= 15 is 0 Å². The van der Waals surface area contributed by atoms with Crippen molar-refractivity contribution in [1.82, 2.24) is 14.2 Å². The van der Waals surface area contributed by atoms with Crippen molar-refractivity contribution in [3.8, 4) is 11.4 Å². The van der Waals surface area contributed by atoms with E-state index in [0.717, 1.165) is 5.56 Å². The van der Waals surface area contributed by atoms with Crippen LogP contribution in [0.1, 0.15) is 17.3 Å². The van der Waals surface area contributed by atoms with Crippen LogP contribution in [0.4, 0.5) is 11.4 Å². The van der Waals surface area contributed by atoms with Gasteiger partial charge in [-0.2, -0.15) is 4.98 Å². The van der Waals surface area contributed by atoms with Gasteiger partial charge in [-0.1, -0.05) is 18.2 Å². The highest BCUT2D eigenvalue weighted by Gasteiger charge is 2.13. The van der Waals surface area contributed by atoms with Gasteiger partial charge in [0.1, 0.15) is 6.04 Å². The minimum atomic E-state index is -0.978. The van der Waals surface area contributed by atoms with Crippen LogP contribution < -0.4 is 10.6 Å². The number of rotatable bonds is 6. The zero-order valence-corrected chi connectivity index (χ0v) is 16.4. The number of aromatic amines is 1. The number of hydrogen-bond acceptors (Lipinski definition) is 6. The van der Waals surface area contributed by atoms with Gasteiger partial charge in [-0.25, -0.2) is 4.09 Å². The Morgan fingerprint density at radius 3 is 2.61 bits per heavy atom. The van der Waals surface area contributed by atoms with Crippen molar-refractivity contribution >= 4 is 48.3 Å². The molecule has 0 spiro atoms. The van der Waals surface area contributed by atoms with Crippen molar-refractivity contribution in [2.75, 3.05) is 10.6 Å². The SMILES string of the molecule is CC(Nc1cccc(C(=O)Nc2cccc(-c3nc(=S)[nH]n3S)c2)c1)C(=O)O. The highest BCUT2D eigenvalue weighted by molar-refractivity contribution is 7.78. The summed E-state index contributed by atoms with van der Waals surface area (Å²) in [7, 11) is 0. The fraction of sp³-hybridized carbons (Fsp3) is 0.111. The largest absolute Gasteiger partial charge is 0.480 e. The number of carbonyl (C=O) groups is 2. The minimum Gasteiger partial charge on any atom is -0.480 e. The fourth-order valence-corrected chi connectivity index (χ4v) is 3.00. The molecule has 1 unspecified atom stereocenters. The second kappa shape index (κ2) is 8.28. The number of anilines is 2. The Balaban J connectivity index is 1.78. The first-order valence-electron chi connectivity index (χ1n) is 8.23. The van der Waals surface area contributed by atoms with Crippen molar-refractivity contribution in [2.45, 2.75) is 13.0 Å². The second-order valence-corrected chi connectivity index (χ2v) is 6.77. The van der Waals surface area contributed by atoms with Crippen LogP contribution in [0.3, 0.4) is 0 Å². The number of carboxylic acids is 1. The van der Waals surface area contributed by atoms with Gasteiger partial charge in [0, 0.05) is 22.5 Å².